The molecule has 2 N–H and O–H groups in total. The van der Waals surface area contributed by atoms with Crippen LogP contribution in [-0.4, -0.2) is 48.6 Å². The zero-order valence-corrected chi connectivity index (χ0v) is 24.6. The molecule has 7 rings (SSSR count). The molecule has 216 valence electrons. The van der Waals surface area contributed by atoms with Gasteiger partial charge in [0.05, 0.1) is 23.7 Å². The number of thiophene rings is 1. The fourth-order valence-electron chi connectivity index (χ4n) is 6.50. The minimum absolute atomic E-state index is 0.0337. The molecule has 4 heterocycles. The number of H-pyrrole nitrogens is 1. The van der Waals surface area contributed by atoms with E-state index in [0.717, 1.165) is 69.5 Å². The highest BCUT2D eigenvalue weighted by Crippen LogP contribution is 2.42. The van der Waals surface area contributed by atoms with Crippen LogP contribution in [0.1, 0.15) is 66.1 Å². The average Bonchev–Trinajstić information content (AvgIpc) is 3.61. The third-order valence-corrected chi connectivity index (χ3v) is 9.98. The Hall–Kier alpha value is -4.02. The number of carboxylic acid groups (broad SMARTS) is 1. The van der Waals surface area contributed by atoms with E-state index >= 15 is 0 Å². The molecule has 1 unspecified atom stereocenters. The number of aromatic amines is 1. The van der Waals surface area contributed by atoms with Crippen LogP contribution in [0.3, 0.4) is 0 Å². The number of carbonyl (C=O) groups is 1. The molecule has 3 atom stereocenters. The van der Waals surface area contributed by atoms with E-state index in [2.05, 4.69) is 50.7 Å². The first kappa shape index (κ1) is 26.9. The SMILES string of the molecule is Cc1c([C@H](CC(=O)O)c2cc(CN3C[C@@H](C4CC4)Oc4ccc(=O)[nH]c4C3C)c3sccc3c2)ccc2c1nnn2C. The number of aromatic nitrogens is 4. The van der Waals surface area contributed by atoms with Crippen molar-refractivity contribution in [1.29, 1.82) is 0 Å². The molecule has 42 heavy (non-hydrogen) atoms. The molecular weight excluding hydrogens is 550 g/mol. The number of hydrogen-bond acceptors (Lipinski definition) is 7. The zero-order chi connectivity index (χ0) is 29.1. The number of benzene rings is 2. The van der Waals surface area contributed by atoms with Gasteiger partial charge in [-0.2, -0.15) is 0 Å². The molecule has 0 bridgehead atoms. The molecule has 1 saturated carbocycles. The molecule has 1 aliphatic carbocycles. The van der Waals surface area contributed by atoms with Crippen LogP contribution in [0.15, 0.2) is 52.6 Å². The third kappa shape index (κ3) is 4.78. The van der Waals surface area contributed by atoms with Crippen molar-refractivity contribution >= 4 is 38.4 Å². The number of nitrogens with one attached hydrogen (secondary N) is 1. The highest BCUT2D eigenvalue weighted by atomic mass is 32.1. The normalized spacial score (nSPS) is 19.9. The van der Waals surface area contributed by atoms with E-state index < -0.39 is 5.97 Å². The molecule has 10 heteroatoms. The highest BCUT2D eigenvalue weighted by molar-refractivity contribution is 7.17. The number of rotatable bonds is 7. The molecule has 2 aliphatic rings. The lowest BCUT2D eigenvalue weighted by atomic mass is 9.84. The van der Waals surface area contributed by atoms with Gasteiger partial charge in [0.2, 0.25) is 5.56 Å². The van der Waals surface area contributed by atoms with Crippen molar-refractivity contribution in [3.8, 4) is 5.75 Å². The minimum atomic E-state index is -0.850. The summed E-state index contributed by atoms with van der Waals surface area (Å²) in [6.07, 6.45) is 2.34. The van der Waals surface area contributed by atoms with Gasteiger partial charge in [-0.05, 0) is 89.9 Å². The summed E-state index contributed by atoms with van der Waals surface area (Å²) in [6, 6.07) is 13.7. The largest absolute Gasteiger partial charge is 0.487 e. The maximum absolute atomic E-state index is 12.3. The number of hydrogen-bond donors (Lipinski definition) is 2. The molecule has 0 spiro atoms. The number of nitrogens with zero attached hydrogens (tertiary/aromatic N) is 4. The van der Waals surface area contributed by atoms with Crippen molar-refractivity contribution in [2.45, 2.75) is 57.7 Å². The first-order valence-corrected chi connectivity index (χ1v) is 15.3. The lowest BCUT2D eigenvalue weighted by Gasteiger charge is -2.29. The summed E-state index contributed by atoms with van der Waals surface area (Å²) < 4.78 is 9.40. The quantitative estimate of drug-likeness (QED) is 0.259. The van der Waals surface area contributed by atoms with Crippen LogP contribution >= 0.6 is 11.3 Å². The Morgan fingerprint density at radius 1 is 1.21 bits per heavy atom. The Balaban J connectivity index is 1.31. The third-order valence-electron chi connectivity index (χ3n) is 8.97. The van der Waals surface area contributed by atoms with Crippen molar-refractivity contribution in [3.05, 3.63) is 86.1 Å². The van der Waals surface area contributed by atoms with E-state index in [4.69, 9.17) is 4.74 Å². The van der Waals surface area contributed by atoms with Gasteiger partial charge in [0, 0.05) is 36.8 Å². The summed E-state index contributed by atoms with van der Waals surface area (Å²) >= 11 is 1.70. The smallest absolute Gasteiger partial charge is 0.304 e. The maximum atomic E-state index is 12.3. The van der Waals surface area contributed by atoms with Crippen molar-refractivity contribution in [2.24, 2.45) is 13.0 Å². The monoisotopic (exact) mass is 583 g/mol. The van der Waals surface area contributed by atoms with Crippen LogP contribution in [0.4, 0.5) is 0 Å². The summed E-state index contributed by atoms with van der Waals surface area (Å²) in [5.41, 5.74) is 6.39. The van der Waals surface area contributed by atoms with Gasteiger partial charge in [-0.1, -0.05) is 17.3 Å². The van der Waals surface area contributed by atoms with E-state index in [1.165, 1.54) is 10.8 Å². The first-order chi connectivity index (χ1) is 20.3. The second-order valence-corrected chi connectivity index (χ2v) is 12.6. The predicted molar refractivity (Wildman–Crippen MR) is 162 cm³/mol. The summed E-state index contributed by atoms with van der Waals surface area (Å²) in [5, 5.41) is 21.7. The molecule has 2 aromatic carbocycles. The van der Waals surface area contributed by atoms with E-state index in [0.29, 0.717) is 12.5 Å². The Labute approximate surface area is 246 Å². The van der Waals surface area contributed by atoms with Gasteiger partial charge < -0.3 is 14.8 Å². The van der Waals surface area contributed by atoms with E-state index in [1.807, 2.05) is 26.1 Å². The molecule has 0 saturated heterocycles. The van der Waals surface area contributed by atoms with Crippen LogP contribution in [0.5, 0.6) is 5.75 Å². The van der Waals surface area contributed by atoms with Crippen LogP contribution in [0.25, 0.3) is 21.1 Å². The van der Waals surface area contributed by atoms with Crippen LogP contribution in [-0.2, 0) is 18.4 Å². The Bertz CT molecular complexity index is 1890. The van der Waals surface area contributed by atoms with Crippen LogP contribution in [0.2, 0.25) is 0 Å². The van der Waals surface area contributed by atoms with Gasteiger partial charge in [-0.25, -0.2) is 4.68 Å². The summed E-state index contributed by atoms with van der Waals surface area (Å²) in [5.74, 6) is 0.0763. The lowest BCUT2D eigenvalue weighted by Crippen LogP contribution is -2.35. The molecule has 5 aromatic rings. The van der Waals surface area contributed by atoms with Crippen LogP contribution in [0, 0.1) is 12.8 Å². The molecule has 0 radical (unpaired) electrons. The number of aryl methyl sites for hydroxylation is 2. The standard InChI is InChI=1S/C32H33N5O4S/c1-17-23(6-7-25-30(17)34-35-36(25)3)24(14-29(39)40)21-12-20-10-11-42-32(20)22(13-21)15-37-16-27(19-4-5-19)41-26-8-9-28(38)33-31(26)18(37)2/h6-13,18-19,24,27H,4-5,14-16H2,1-3H3,(H,33,38)(H,39,40)/t18?,24-,27+/m1/s1. The van der Waals surface area contributed by atoms with Gasteiger partial charge in [0.1, 0.15) is 17.4 Å². The Morgan fingerprint density at radius 2 is 2.05 bits per heavy atom. The number of aliphatic carboxylic acids is 1. The van der Waals surface area contributed by atoms with E-state index in [1.54, 1.807) is 22.1 Å². The summed E-state index contributed by atoms with van der Waals surface area (Å²) in [7, 11) is 1.86. The molecule has 1 aliphatic heterocycles. The summed E-state index contributed by atoms with van der Waals surface area (Å²) in [4.78, 5) is 29.9. The molecule has 3 aromatic heterocycles. The first-order valence-electron chi connectivity index (χ1n) is 14.4. The minimum Gasteiger partial charge on any atom is -0.487 e. The van der Waals surface area contributed by atoms with E-state index in [9.17, 15) is 14.7 Å². The average molecular weight is 584 g/mol. The highest BCUT2D eigenvalue weighted by Gasteiger charge is 2.38. The lowest BCUT2D eigenvalue weighted by molar-refractivity contribution is -0.137. The number of pyridine rings is 1. The number of fused-ring (bicyclic) bond motifs is 3. The van der Waals surface area contributed by atoms with Gasteiger partial charge in [-0.15, -0.1) is 16.4 Å². The second kappa shape index (κ2) is 10.4. The van der Waals surface area contributed by atoms with Gasteiger partial charge in [0.25, 0.3) is 0 Å². The molecular formula is C32H33N5O4S. The zero-order valence-electron chi connectivity index (χ0n) is 23.8. The molecule has 0 amide bonds. The van der Waals surface area contributed by atoms with Crippen molar-refractivity contribution in [1.82, 2.24) is 24.9 Å². The summed E-state index contributed by atoms with van der Waals surface area (Å²) in [6.45, 7) is 5.52. The topological polar surface area (TPSA) is 113 Å². The fourth-order valence-corrected chi connectivity index (χ4v) is 7.39. The Morgan fingerprint density at radius 3 is 2.83 bits per heavy atom. The van der Waals surface area contributed by atoms with Crippen molar-refractivity contribution < 1.29 is 14.6 Å². The van der Waals surface area contributed by atoms with Gasteiger partial charge >= 0.3 is 5.97 Å². The molecule has 9 nitrogen and oxygen atoms in total. The Kier molecular flexibility index (Phi) is 6.62. The van der Waals surface area contributed by atoms with Gasteiger partial charge in [0.15, 0.2) is 0 Å². The second-order valence-electron chi connectivity index (χ2n) is 11.7. The maximum Gasteiger partial charge on any atom is 0.304 e. The molecule has 1 fully saturated rings. The number of ether oxygens (including phenoxy) is 1. The van der Waals surface area contributed by atoms with Gasteiger partial charge in [-0.3, -0.25) is 14.5 Å². The van der Waals surface area contributed by atoms with Crippen molar-refractivity contribution in [3.63, 3.8) is 0 Å². The van der Waals surface area contributed by atoms with Crippen LogP contribution < -0.4 is 10.3 Å². The predicted octanol–water partition coefficient (Wildman–Crippen LogP) is 5.52. The van der Waals surface area contributed by atoms with Crippen molar-refractivity contribution in [2.75, 3.05) is 6.54 Å². The van der Waals surface area contributed by atoms with E-state index in [-0.39, 0.29) is 30.0 Å². The number of carboxylic acids is 1. The fraction of sp³-hybridized carbons (Fsp3) is 0.375.